The molecule has 130 valence electrons. The van der Waals surface area contributed by atoms with E-state index in [4.69, 9.17) is 5.11 Å². The largest absolute Gasteiger partial charge is 0.396 e. The first kappa shape index (κ1) is 16.2. The highest BCUT2D eigenvalue weighted by molar-refractivity contribution is 7.09. The number of fused-ring (bicyclic) bond motifs is 1. The molecule has 1 aliphatic heterocycles. The Hall–Kier alpha value is -2.32. The normalized spacial score (nSPS) is 18.0. The number of aromatic nitrogens is 4. The van der Waals surface area contributed by atoms with Gasteiger partial charge in [-0.05, 0) is 31.2 Å². The molecule has 4 rings (SSSR count). The number of piperidine rings is 1. The first-order valence-corrected chi connectivity index (χ1v) is 9.30. The van der Waals surface area contributed by atoms with Crippen molar-refractivity contribution >= 4 is 22.9 Å². The summed E-state index contributed by atoms with van der Waals surface area (Å²) in [6.45, 7) is 0.781. The highest BCUT2D eigenvalue weighted by Crippen LogP contribution is 2.33. The lowest BCUT2D eigenvalue weighted by molar-refractivity contribution is 0.0604. The Morgan fingerprint density at radius 3 is 3.08 bits per heavy atom. The molecule has 0 spiro atoms. The van der Waals surface area contributed by atoms with Crippen LogP contribution in [0.4, 0.5) is 0 Å². The SMILES string of the molecule is O=C(c1cc2ncc(CCO)cn2n1)N1CCCCC1c1nccs1. The first-order valence-electron chi connectivity index (χ1n) is 8.42. The smallest absolute Gasteiger partial charge is 0.275 e. The molecule has 0 radical (unpaired) electrons. The van der Waals surface area contributed by atoms with Crippen molar-refractivity contribution < 1.29 is 9.90 Å². The second-order valence-electron chi connectivity index (χ2n) is 6.15. The fraction of sp³-hybridized carbons (Fsp3) is 0.412. The molecule has 7 nitrogen and oxygen atoms in total. The lowest BCUT2D eigenvalue weighted by Crippen LogP contribution is -2.38. The van der Waals surface area contributed by atoms with Gasteiger partial charge in [0, 0.05) is 43.2 Å². The van der Waals surface area contributed by atoms with Crippen LogP contribution in [-0.4, -0.2) is 48.6 Å². The van der Waals surface area contributed by atoms with Crippen LogP contribution in [0.1, 0.15) is 46.4 Å². The van der Waals surface area contributed by atoms with E-state index in [1.165, 1.54) is 0 Å². The predicted octanol–water partition coefficient (Wildman–Crippen LogP) is 2.09. The van der Waals surface area contributed by atoms with Gasteiger partial charge in [-0.15, -0.1) is 11.3 Å². The third kappa shape index (κ3) is 3.14. The number of aliphatic hydroxyl groups excluding tert-OH is 1. The summed E-state index contributed by atoms with van der Waals surface area (Å²) in [6.07, 6.45) is 8.86. The van der Waals surface area contributed by atoms with Crippen LogP contribution in [0.2, 0.25) is 0 Å². The Balaban J connectivity index is 1.63. The molecule has 0 saturated carbocycles. The average molecular weight is 357 g/mol. The Bertz CT molecular complexity index is 876. The number of amides is 1. The maximum Gasteiger partial charge on any atom is 0.275 e. The minimum Gasteiger partial charge on any atom is -0.396 e. The number of hydrogen-bond acceptors (Lipinski definition) is 6. The van der Waals surface area contributed by atoms with Crippen LogP contribution in [0.5, 0.6) is 0 Å². The van der Waals surface area contributed by atoms with Crippen molar-refractivity contribution in [3.63, 3.8) is 0 Å². The third-order valence-electron chi connectivity index (χ3n) is 4.49. The molecule has 1 aliphatic rings. The zero-order valence-corrected chi connectivity index (χ0v) is 14.5. The van der Waals surface area contributed by atoms with E-state index in [1.54, 1.807) is 34.3 Å². The number of carbonyl (C=O) groups is 1. The lowest BCUT2D eigenvalue weighted by atomic mass is 10.0. The number of rotatable bonds is 4. The quantitative estimate of drug-likeness (QED) is 0.773. The Kier molecular flexibility index (Phi) is 4.46. The predicted molar refractivity (Wildman–Crippen MR) is 93.5 cm³/mol. The Morgan fingerprint density at radius 2 is 2.28 bits per heavy atom. The molecule has 25 heavy (non-hydrogen) atoms. The molecule has 0 aromatic carbocycles. The molecule has 3 aromatic heterocycles. The van der Waals surface area contributed by atoms with E-state index < -0.39 is 0 Å². The average Bonchev–Trinajstić information content (AvgIpc) is 3.31. The molecular formula is C17H19N5O2S. The number of hydrogen-bond donors (Lipinski definition) is 1. The van der Waals surface area contributed by atoms with Crippen LogP contribution >= 0.6 is 11.3 Å². The van der Waals surface area contributed by atoms with Gasteiger partial charge in [-0.2, -0.15) is 5.10 Å². The number of nitrogens with zero attached hydrogens (tertiary/aromatic N) is 5. The fourth-order valence-corrected chi connectivity index (χ4v) is 4.04. The minimum atomic E-state index is -0.0749. The molecule has 1 N–H and O–H groups in total. The van der Waals surface area contributed by atoms with E-state index >= 15 is 0 Å². The van der Waals surface area contributed by atoms with Crippen molar-refractivity contribution in [3.8, 4) is 0 Å². The molecule has 0 aliphatic carbocycles. The van der Waals surface area contributed by atoms with Gasteiger partial charge in [0.2, 0.25) is 0 Å². The van der Waals surface area contributed by atoms with Gasteiger partial charge in [0.15, 0.2) is 11.3 Å². The molecule has 0 bridgehead atoms. The van der Waals surface area contributed by atoms with Gasteiger partial charge in [0.05, 0.1) is 6.04 Å². The van der Waals surface area contributed by atoms with Crippen LogP contribution in [0.3, 0.4) is 0 Å². The van der Waals surface area contributed by atoms with Crippen LogP contribution in [-0.2, 0) is 6.42 Å². The fourth-order valence-electron chi connectivity index (χ4n) is 3.26. The Labute approximate surface area is 149 Å². The van der Waals surface area contributed by atoms with Crippen molar-refractivity contribution in [1.82, 2.24) is 24.5 Å². The summed E-state index contributed by atoms with van der Waals surface area (Å²) in [5.41, 5.74) is 1.92. The molecule has 1 fully saturated rings. The van der Waals surface area contributed by atoms with E-state index in [-0.39, 0.29) is 18.6 Å². The summed E-state index contributed by atoms with van der Waals surface area (Å²) >= 11 is 1.59. The highest BCUT2D eigenvalue weighted by Gasteiger charge is 2.31. The van der Waals surface area contributed by atoms with Gasteiger partial charge < -0.3 is 10.0 Å². The summed E-state index contributed by atoms with van der Waals surface area (Å²) in [4.78, 5) is 23.7. The van der Waals surface area contributed by atoms with Crippen LogP contribution < -0.4 is 0 Å². The molecule has 1 unspecified atom stereocenters. The molecule has 4 heterocycles. The van der Waals surface area contributed by atoms with Crippen molar-refractivity contribution in [1.29, 1.82) is 0 Å². The summed E-state index contributed by atoms with van der Waals surface area (Å²) in [6, 6.07) is 1.75. The molecule has 3 aromatic rings. The zero-order chi connectivity index (χ0) is 17.2. The number of aliphatic hydroxyl groups is 1. The molecule has 1 saturated heterocycles. The standard InChI is InChI=1S/C17H19N5O2S/c23-7-4-12-10-19-15-9-13(20-22(15)11-12)17(24)21-6-2-1-3-14(21)16-18-5-8-25-16/h5,8-11,14,23H,1-4,6-7H2. The van der Waals surface area contributed by atoms with E-state index in [0.717, 1.165) is 36.4 Å². The third-order valence-corrected chi connectivity index (χ3v) is 5.36. The van der Waals surface area contributed by atoms with Gasteiger partial charge in [-0.25, -0.2) is 14.5 Å². The zero-order valence-electron chi connectivity index (χ0n) is 13.7. The van der Waals surface area contributed by atoms with E-state index in [1.807, 2.05) is 16.5 Å². The minimum absolute atomic E-state index is 0.0315. The van der Waals surface area contributed by atoms with E-state index in [0.29, 0.717) is 17.8 Å². The number of carbonyl (C=O) groups excluding carboxylic acids is 1. The molecular weight excluding hydrogens is 338 g/mol. The van der Waals surface area contributed by atoms with Gasteiger partial charge in [0.1, 0.15) is 5.01 Å². The maximum atomic E-state index is 13.0. The summed E-state index contributed by atoms with van der Waals surface area (Å²) < 4.78 is 1.61. The number of likely N-dealkylation sites (tertiary alicyclic amines) is 1. The van der Waals surface area contributed by atoms with Crippen molar-refractivity contribution in [2.45, 2.75) is 31.7 Å². The van der Waals surface area contributed by atoms with Gasteiger partial charge in [0.25, 0.3) is 5.91 Å². The summed E-state index contributed by atoms with van der Waals surface area (Å²) in [5, 5.41) is 16.4. The molecule has 1 atom stereocenters. The second kappa shape index (κ2) is 6.89. The van der Waals surface area contributed by atoms with Crippen LogP contribution in [0, 0.1) is 0 Å². The second-order valence-corrected chi connectivity index (χ2v) is 7.07. The van der Waals surface area contributed by atoms with E-state index in [9.17, 15) is 4.79 Å². The van der Waals surface area contributed by atoms with Gasteiger partial charge in [-0.3, -0.25) is 4.79 Å². The molecule has 8 heteroatoms. The Morgan fingerprint density at radius 1 is 1.36 bits per heavy atom. The monoisotopic (exact) mass is 357 g/mol. The summed E-state index contributed by atoms with van der Waals surface area (Å²) in [7, 11) is 0. The topological polar surface area (TPSA) is 83.6 Å². The van der Waals surface area contributed by atoms with Crippen molar-refractivity contribution in [2.24, 2.45) is 0 Å². The first-order chi connectivity index (χ1) is 12.3. The van der Waals surface area contributed by atoms with Crippen molar-refractivity contribution in [2.75, 3.05) is 13.2 Å². The lowest BCUT2D eigenvalue weighted by Gasteiger charge is -2.34. The highest BCUT2D eigenvalue weighted by atomic mass is 32.1. The number of thiazole rings is 1. The van der Waals surface area contributed by atoms with Gasteiger partial charge >= 0.3 is 0 Å². The van der Waals surface area contributed by atoms with Crippen LogP contribution in [0.25, 0.3) is 5.65 Å². The van der Waals surface area contributed by atoms with Gasteiger partial charge in [-0.1, -0.05) is 0 Å². The van der Waals surface area contributed by atoms with E-state index in [2.05, 4.69) is 15.1 Å². The van der Waals surface area contributed by atoms with Crippen LogP contribution in [0.15, 0.2) is 30.0 Å². The van der Waals surface area contributed by atoms with Crippen molar-refractivity contribution in [3.05, 3.63) is 46.3 Å². The summed E-state index contributed by atoms with van der Waals surface area (Å²) in [5.74, 6) is -0.0749. The maximum absolute atomic E-state index is 13.0. The molecule has 1 amide bonds.